The van der Waals surface area contributed by atoms with E-state index in [0.717, 1.165) is 0 Å². The standard InChI is InChI=1S/C16H19N3O6S2/c1-16-7-6-14(21)19(16)12(9-26-16)15(22)25-8-13(20)18-10-2-4-11(5-3-10)27(17,23)24/h2-5,12H,6-9H2,1H3,(H,18,20)(H2,17,23,24)/t12-,16+/m1/s1. The van der Waals surface area contributed by atoms with Crippen molar-refractivity contribution in [2.75, 3.05) is 17.7 Å². The van der Waals surface area contributed by atoms with E-state index in [1.54, 1.807) is 16.7 Å². The number of hydrogen-bond donors (Lipinski definition) is 2. The maximum absolute atomic E-state index is 12.3. The summed E-state index contributed by atoms with van der Waals surface area (Å²) in [7, 11) is -3.81. The molecule has 27 heavy (non-hydrogen) atoms. The van der Waals surface area contributed by atoms with Crippen LogP contribution < -0.4 is 10.5 Å². The van der Waals surface area contributed by atoms with E-state index in [0.29, 0.717) is 24.3 Å². The molecule has 2 aliphatic heterocycles. The molecular formula is C16H19N3O6S2. The van der Waals surface area contributed by atoms with Crippen molar-refractivity contribution in [2.45, 2.75) is 35.6 Å². The number of primary sulfonamides is 1. The van der Waals surface area contributed by atoms with Crippen LogP contribution in [0, 0.1) is 0 Å². The highest BCUT2D eigenvalue weighted by molar-refractivity contribution is 8.01. The Hall–Kier alpha value is -2.11. The lowest BCUT2D eigenvalue weighted by Gasteiger charge is -2.29. The Balaban J connectivity index is 1.53. The second kappa shape index (κ2) is 7.13. The van der Waals surface area contributed by atoms with E-state index < -0.39 is 34.5 Å². The third kappa shape index (κ3) is 4.09. The van der Waals surface area contributed by atoms with Gasteiger partial charge in [0.25, 0.3) is 5.91 Å². The average Bonchev–Trinajstić information content (AvgIpc) is 3.09. The van der Waals surface area contributed by atoms with Crippen LogP contribution in [0.2, 0.25) is 0 Å². The number of nitrogens with two attached hydrogens (primary N) is 1. The normalized spacial score (nSPS) is 24.6. The Bertz CT molecular complexity index is 886. The molecule has 3 N–H and O–H groups in total. The van der Waals surface area contributed by atoms with E-state index in [1.807, 2.05) is 6.92 Å². The van der Waals surface area contributed by atoms with Gasteiger partial charge in [0.05, 0.1) is 9.77 Å². The maximum Gasteiger partial charge on any atom is 0.330 e. The maximum atomic E-state index is 12.3. The van der Waals surface area contributed by atoms with E-state index in [1.165, 1.54) is 24.3 Å². The molecule has 1 aromatic rings. The molecule has 0 bridgehead atoms. The summed E-state index contributed by atoms with van der Waals surface area (Å²) < 4.78 is 27.5. The summed E-state index contributed by atoms with van der Waals surface area (Å²) in [5.74, 6) is -0.824. The highest BCUT2D eigenvalue weighted by Crippen LogP contribution is 2.47. The van der Waals surface area contributed by atoms with E-state index >= 15 is 0 Å². The Morgan fingerprint density at radius 3 is 2.67 bits per heavy atom. The van der Waals surface area contributed by atoms with Crippen LogP contribution in [0.25, 0.3) is 0 Å². The topological polar surface area (TPSA) is 136 Å². The van der Waals surface area contributed by atoms with Gasteiger partial charge in [-0.1, -0.05) is 0 Å². The lowest BCUT2D eigenvalue weighted by atomic mass is 10.2. The molecule has 9 nitrogen and oxygen atoms in total. The summed E-state index contributed by atoms with van der Waals surface area (Å²) in [5, 5.41) is 7.49. The van der Waals surface area contributed by atoms with Gasteiger partial charge < -0.3 is 15.0 Å². The fraction of sp³-hybridized carbons (Fsp3) is 0.438. The fourth-order valence-electron chi connectivity index (χ4n) is 3.15. The number of carbonyl (C=O) groups excluding carboxylic acids is 3. The number of thioether (sulfide) groups is 1. The summed E-state index contributed by atoms with van der Waals surface area (Å²) in [4.78, 5) is 37.4. The van der Waals surface area contributed by atoms with Gasteiger partial charge in [0.1, 0.15) is 6.04 Å². The summed E-state index contributed by atoms with van der Waals surface area (Å²) >= 11 is 1.54. The van der Waals surface area contributed by atoms with Gasteiger partial charge in [0.15, 0.2) is 6.61 Å². The van der Waals surface area contributed by atoms with Crippen molar-refractivity contribution in [1.82, 2.24) is 4.90 Å². The van der Waals surface area contributed by atoms with Crippen LogP contribution in [0.1, 0.15) is 19.8 Å². The number of esters is 1. The lowest BCUT2D eigenvalue weighted by molar-refractivity contribution is -0.155. The number of hydrogen-bond acceptors (Lipinski definition) is 7. The van der Waals surface area contributed by atoms with Crippen molar-refractivity contribution in [2.24, 2.45) is 5.14 Å². The van der Waals surface area contributed by atoms with Crippen molar-refractivity contribution >= 4 is 45.3 Å². The first-order chi connectivity index (χ1) is 12.6. The van der Waals surface area contributed by atoms with Gasteiger partial charge in [0.2, 0.25) is 15.9 Å². The molecule has 0 spiro atoms. The SMILES string of the molecule is C[C@]12CCC(=O)N1[C@@H](C(=O)OCC(=O)Nc1ccc(S(N)(=O)=O)cc1)CS2. The summed E-state index contributed by atoms with van der Waals surface area (Å²) in [6, 6.07) is 4.58. The van der Waals surface area contributed by atoms with Crippen LogP contribution in [0.5, 0.6) is 0 Å². The zero-order valence-corrected chi connectivity index (χ0v) is 16.1. The minimum atomic E-state index is -3.81. The first kappa shape index (κ1) is 19.6. The number of anilines is 1. The van der Waals surface area contributed by atoms with Crippen molar-refractivity contribution < 1.29 is 27.5 Å². The second-order valence-electron chi connectivity index (χ2n) is 6.49. The van der Waals surface area contributed by atoms with Crippen molar-refractivity contribution in [1.29, 1.82) is 0 Å². The first-order valence-electron chi connectivity index (χ1n) is 8.16. The van der Waals surface area contributed by atoms with Crippen LogP contribution in [0.3, 0.4) is 0 Å². The zero-order valence-electron chi connectivity index (χ0n) is 14.5. The molecule has 11 heteroatoms. The number of benzene rings is 1. The third-order valence-corrected chi connectivity index (χ3v) is 6.96. The van der Waals surface area contributed by atoms with Crippen molar-refractivity contribution in [3.05, 3.63) is 24.3 Å². The smallest absolute Gasteiger partial charge is 0.330 e. The predicted molar refractivity (Wildman–Crippen MR) is 98.1 cm³/mol. The van der Waals surface area contributed by atoms with Crippen LogP contribution in [-0.2, 0) is 29.1 Å². The second-order valence-corrected chi connectivity index (χ2v) is 9.55. The van der Waals surface area contributed by atoms with Gasteiger partial charge in [-0.15, -0.1) is 11.8 Å². The molecule has 0 aromatic heterocycles. The Kier molecular flexibility index (Phi) is 5.19. The van der Waals surface area contributed by atoms with Crippen molar-refractivity contribution in [3.63, 3.8) is 0 Å². The highest BCUT2D eigenvalue weighted by atomic mass is 32.2. The molecule has 1 aromatic carbocycles. The molecule has 0 unspecified atom stereocenters. The molecule has 2 amide bonds. The minimum Gasteiger partial charge on any atom is -0.454 e. The average molecular weight is 413 g/mol. The Morgan fingerprint density at radius 1 is 1.37 bits per heavy atom. The molecule has 3 rings (SSSR count). The Labute approximate surface area is 160 Å². The molecular weight excluding hydrogens is 394 g/mol. The zero-order chi connectivity index (χ0) is 19.8. The van der Waals surface area contributed by atoms with Gasteiger partial charge in [-0.3, -0.25) is 9.59 Å². The number of amides is 2. The van der Waals surface area contributed by atoms with Gasteiger partial charge in [-0.2, -0.15) is 0 Å². The van der Waals surface area contributed by atoms with Crippen LogP contribution in [0.15, 0.2) is 29.2 Å². The fourth-order valence-corrected chi connectivity index (χ4v) is 5.09. The van der Waals surface area contributed by atoms with E-state index in [9.17, 15) is 22.8 Å². The summed E-state index contributed by atoms with van der Waals surface area (Å²) in [6.07, 6.45) is 1.09. The van der Waals surface area contributed by atoms with Crippen LogP contribution >= 0.6 is 11.8 Å². The number of sulfonamides is 1. The first-order valence-corrected chi connectivity index (χ1v) is 10.7. The monoisotopic (exact) mass is 413 g/mol. The van der Waals surface area contributed by atoms with Crippen molar-refractivity contribution in [3.8, 4) is 0 Å². The summed E-state index contributed by atoms with van der Waals surface area (Å²) in [6.45, 7) is 1.42. The van der Waals surface area contributed by atoms with Gasteiger partial charge in [-0.05, 0) is 37.6 Å². The van der Waals surface area contributed by atoms with E-state index in [2.05, 4.69) is 5.32 Å². The molecule has 0 saturated carbocycles. The number of nitrogens with zero attached hydrogens (tertiary/aromatic N) is 1. The van der Waals surface area contributed by atoms with E-state index in [4.69, 9.17) is 9.88 Å². The quantitative estimate of drug-likeness (QED) is 0.661. The van der Waals surface area contributed by atoms with Crippen LogP contribution in [-0.4, -0.2) is 54.4 Å². The molecule has 0 radical (unpaired) electrons. The molecule has 2 fully saturated rings. The molecule has 2 heterocycles. The van der Waals surface area contributed by atoms with Gasteiger partial charge >= 0.3 is 5.97 Å². The Morgan fingerprint density at radius 2 is 2.04 bits per heavy atom. The molecule has 146 valence electrons. The molecule has 2 aliphatic rings. The number of carbonyl (C=O) groups is 3. The molecule has 0 aliphatic carbocycles. The number of ether oxygens (including phenoxy) is 1. The highest BCUT2D eigenvalue weighted by Gasteiger charge is 2.53. The molecule has 2 saturated heterocycles. The number of fused-ring (bicyclic) bond motifs is 1. The van der Waals surface area contributed by atoms with E-state index in [-0.39, 0.29) is 15.7 Å². The van der Waals surface area contributed by atoms with Gasteiger partial charge in [0, 0.05) is 17.9 Å². The predicted octanol–water partition coefficient (Wildman–Crippen LogP) is 0.270. The van der Waals surface area contributed by atoms with Crippen LogP contribution in [0.4, 0.5) is 5.69 Å². The van der Waals surface area contributed by atoms with Gasteiger partial charge in [-0.25, -0.2) is 18.4 Å². The molecule has 2 atom stereocenters. The number of rotatable bonds is 5. The lowest BCUT2D eigenvalue weighted by Crippen LogP contribution is -2.47. The number of nitrogens with one attached hydrogen (secondary N) is 1. The third-order valence-electron chi connectivity index (χ3n) is 4.53. The summed E-state index contributed by atoms with van der Waals surface area (Å²) in [5.41, 5.74) is 0.335. The minimum absolute atomic E-state index is 0.0796. The largest absolute Gasteiger partial charge is 0.454 e.